The second kappa shape index (κ2) is 6.36. The summed E-state index contributed by atoms with van der Waals surface area (Å²) in [5.74, 6) is -0.889. The van der Waals surface area contributed by atoms with Gasteiger partial charge in [-0.15, -0.1) is 0 Å². The first-order chi connectivity index (χ1) is 9.56. The standard InChI is InChI=1S/C14H18N2O4/c1-10(13(17)15-12-4-2-3-5-12)20-14(18)11-6-8-16(19)9-7-11/h6-10,12H,2-5H2,1H3,(H,15,17)/t10-/m1/s1. The highest BCUT2D eigenvalue weighted by atomic mass is 16.5. The lowest BCUT2D eigenvalue weighted by Gasteiger charge is -2.17. The number of pyridine rings is 1. The van der Waals surface area contributed by atoms with Crippen molar-refractivity contribution < 1.29 is 19.1 Å². The Morgan fingerprint density at radius 1 is 1.35 bits per heavy atom. The van der Waals surface area contributed by atoms with E-state index in [4.69, 9.17) is 4.74 Å². The Bertz CT molecular complexity index is 480. The zero-order chi connectivity index (χ0) is 14.5. The minimum absolute atomic E-state index is 0.194. The summed E-state index contributed by atoms with van der Waals surface area (Å²) in [5.41, 5.74) is 0.248. The van der Waals surface area contributed by atoms with Crippen molar-refractivity contribution in [3.63, 3.8) is 0 Å². The van der Waals surface area contributed by atoms with E-state index in [1.807, 2.05) is 0 Å². The topological polar surface area (TPSA) is 82.3 Å². The lowest BCUT2D eigenvalue weighted by molar-refractivity contribution is -0.605. The zero-order valence-electron chi connectivity index (χ0n) is 11.4. The van der Waals surface area contributed by atoms with Crippen LogP contribution in [0.4, 0.5) is 0 Å². The second-order valence-corrected chi connectivity index (χ2v) is 4.98. The van der Waals surface area contributed by atoms with Gasteiger partial charge >= 0.3 is 5.97 Å². The molecule has 1 N–H and O–H groups in total. The molecule has 0 bridgehead atoms. The van der Waals surface area contributed by atoms with Crippen LogP contribution in [0.15, 0.2) is 24.5 Å². The molecule has 1 aromatic rings. The van der Waals surface area contributed by atoms with Gasteiger partial charge in [0.05, 0.1) is 5.56 Å². The van der Waals surface area contributed by atoms with E-state index >= 15 is 0 Å². The predicted octanol–water partition coefficient (Wildman–Crippen LogP) is 0.924. The number of esters is 1. The van der Waals surface area contributed by atoms with E-state index in [-0.39, 0.29) is 17.5 Å². The number of aromatic nitrogens is 1. The number of hydrogen-bond acceptors (Lipinski definition) is 4. The second-order valence-electron chi connectivity index (χ2n) is 4.98. The van der Waals surface area contributed by atoms with Crippen molar-refractivity contribution in [1.29, 1.82) is 0 Å². The summed E-state index contributed by atoms with van der Waals surface area (Å²) in [6.45, 7) is 1.54. The molecule has 6 heteroatoms. The van der Waals surface area contributed by atoms with Gasteiger partial charge in [0.1, 0.15) is 0 Å². The van der Waals surface area contributed by atoms with E-state index in [0.717, 1.165) is 25.7 Å². The lowest BCUT2D eigenvalue weighted by atomic mass is 10.2. The van der Waals surface area contributed by atoms with Crippen LogP contribution in [0.2, 0.25) is 0 Å². The molecule has 0 aliphatic heterocycles. The van der Waals surface area contributed by atoms with Gasteiger partial charge in [0.2, 0.25) is 0 Å². The van der Waals surface area contributed by atoms with E-state index in [1.54, 1.807) is 6.92 Å². The van der Waals surface area contributed by atoms with Crippen molar-refractivity contribution in [1.82, 2.24) is 5.32 Å². The molecule has 0 radical (unpaired) electrons. The molecule has 1 atom stereocenters. The molecule has 0 spiro atoms. The largest absolute Gasteiger partial charge is 0.619 e. The van der Waals surface area contributed by atoms with Gasteiger partial charge in [-0.05, 0) is 19.8 Å². The van der Waals surface area contributed by atoms with Crippen LogP contribution in [-0.4, -0.2) is 24.0 Å². The average Bonchev–Trinajstić information content (AvgIpc) is 2.92. The molecule has 0 saturated heterocycles. The minimum Gasteiger partial charge on any atom is -0.619 e. The van der Waals surface area contributed by atoms with Gasteiger partial charge in [-0.1, -0.05) is 12.8 Å². The first-order valence-electron chi connectivity index (χ1n) is 6.76. The Morgan fingerprint density at radius 3 is 2.55 bits per heavy atom. The summed E-state index contributed by atoms with van der Waals surface area (Å²) in [5, 5.41) is 13.7. The van der Waals surface area contributed by atoms with Gasteiger partial charge in [0, 0.05) is 18.2 Å². The molecule has 2 rings (SSSR count). The Kier molecular flexibility index (Phi) is 4.55. The summed E-state index contributed by atoms with van der Waals surface area (Å²) < 4.78 is 5.66. The van der Waals surface area contributed by atoms with Crippen LogP contribution in [0, 0.1) is 5.21 Å². The third-order valence-electron chi connectivity index (χ3n) is 3.39. The molecule has 1 aliphatic rings. The van der Waals surface area contributed by atoms with Crippen molar-refractivity contribution in [2.24, 2.45) is 0 Å². The van der Waals surface area contributed by atoms with E-state index in [9.17, 15) is 14.8 Å². The zero-order valence-corrected chi connectivity index (χ0v) is 11.4. The van der Waals surface area contributed by atoms with Gasteiger partial charge in [-0.25, -0.2) is 4.79 Å². The van der Waals surface area contributed by atoms with Crippen LogP contribution in [0.25, 0.3) is 0 Å². The summed E-state index contributed by atoms with van der Waals surface area (Å²) in [6, 6.07) is 2.91. The number of hydrogen-bond donors (Lipinski definition) is 1. The molecule has 1 saturated carbocycles. The quantitative estimate of drug-likeness (QED) is 0.504. The molecule has 0 aromatic carbocycles. The van der Waals surface area contributed by atoms with E-state index in [1.165, 1.54) is 24.5 Å². The molecule has 1 amide bonds. The lowest BCUT2D eigenvalue weighted by Crippen LogP contribution is -2.40. The molecule has 6 nitrogen and oxygen atoms in total. The number of carbonyl (C=O) groups is 2. The Morgan fingerprint density at radius 2 is 1.95 bits per heavy atom. The van der Waals surface area contributed by atoms with E-state index in [0.29, 0.717) is 4.73 Å². The number of rotatable bonds is 4. The maximum atomic E-state index is 11.9. The van der Waals surface area contributed by atoms with Crippen molar-refractivity contribution >= 4 is 11.9 Å². The molecule has 1 aromatic heterocycles. The Hall–Kier alpha value is -2.11. The van der Waals surface area contributed by atoms with Gasteiger partial charge in [0.25, 0.3) is 5.91 Å². The predicted molar refractivity (Wildman–Crippen MR) is 70.7 cm³/mol. The molecule has 1 aliphatic carbocycles. The third-order valence-corrected chi connectivity index (χ3v) is 3.39. The molecule has 108 valence electrons. The van der Waals surface area contributed by atoms with E-state index < -0.39 is 12.1 Å². The van der Waals surface area contributed by atoms with E-state index in [2.05, 4.69) is 5.32 Å². The minimum atomic E-state index is -0.845. The summed E-state index contributed by atoms with van der Waals surface area (Å²) in [7, 11) is 0. The molecular formula is C14H18N2O4. The number of carbonyl (C=O) groups excluding carboxylic acids is 2. The fraction of sp³-hybridized carbons (Fsp3) is 0.500. The Labute approximate surface area is 117 Å². The molecule has 1 heterocycles. The summed E-state index contributed by atoms with van der Waals surface area (Å²) >= 11 is 0. The molecule has 0 unspecified atom stereocenters. The summed E-state index contributed by atoms with van der Waals surface area (Å²) in [4.78, 5) is 23.7. The van der Waals surface area contributed by atoms with Crippen LogP contribution >= 0.6 is 0 Å². The van der Waals surface area contributed by atoms with Crippen molar-refractivity contribution in [2.75, 3.05) is 0 Å². The highest BCUT2D eigenvalue weighted by Crippen LogP contribution is 2.17. The number of amides is 1. The SMILES string of the molecule is C[C@@H](OC(=O)c1cc[n+]([O-])cc1)C(=O)NC1CCCC1. The molecular weight excluding hydrogens is 260 g/mol. The van der Waals surface area contributed by atoms with Gasteiger partial charge < -0.3 is 15.3 Å². The fourth-order valence-electron chi connectivity index (χ4n) is 2.22. The normalized spacial score (nSPS) is 16.6. The van der Waals surface area contributed by atoms with Crippen LogP contribution in [-0.2, 0) is 9.53 Å². The summed E-state index contributed by atoms with van der Waals surface area (Å²) in [6.07, 6.45) is 5.78. The van der Waals surface area contributed by atoms with Crippen LogP contribution in [0.5, 0.6) is 0 Å². The average molecular weight is 278 g/mol. The number of nitrogens with one attached hydrogen (secondary N) is 1. The maximum absolute atomic E-state index is 11.9. The van der Waals surface area contributed by atoms with Crippen molar-refractivity contribution in [3.05, 3.63) is 35.3 Å². The molecule has 1 fully saturated rings. The smallest absolute Gasteiger partial charge is 0.339 e. The van der Waals surface area contributed by atoms with Crippen molar-refractivity contribution in [2.45, 2.75) is 44.8 Å². The molecule has 20 heavy (non-hydrogen) atoms. The maximum Gasteiger partial charge on any atom is 0.339 e. The van der Waals surface area contributed by atoms with Crippen LogP contribution < -0.4 is 10.0 Å². The monoisotopic (exact) mass is 278 g/mol. The first-order valence-corrected chi connectivity index (χ1v) is 6.76. The first kappa shape index (κ1) is 14.3. The van der Waals surface area contributed by atoms with Crippen LogP contribution in [0.3, 0.4) is 0 Å². The van der Waals surface area contributed by atoms with Gasteiger partial charge in [-0.2, -0.15) is 4.73 Å². The Balaban J connectivity index is 1.86. The third kappa shape index (κ3) is 3.69. The van der Waals surface area contributed by atoms with Gasteiger partial charge in [0.15, 0.2) is 18.5 Å². The highest BCUT2D eigenvalue weighted by Gasteiger charge is 2.23. The fourth-order valence-corrected chi connectivity index (χ4v) is 2.22. The van der Waals surface area contributed by atoms with Gasteiger partial charge in [-0.3, -0.25) is 4.79 Å². The highest BCUT2D eigenvalue weighted by molar-refractivity contribution is 5.92. The number of ether oxygens (including phenoxy) is 1. The van der Waals surface area contributed by atoms with Crippen LogP contribution in [0.1, 0.15) is 43.0 Å². The van der Waals surface area contributed by atoms with Crippen molar-refractivity contribution in [3.8, 4) is 0 Å². The number of nitrogens with zero attached hydrogens (tertiary/aromatic N) is 1.